The van der Waals surface area contributed by atoms with Crippen LogP contribution in [0, 0.1) is 0 Å². The number of morpholine rings is 1. The van der Waals surface area contributed by atoms with Gasteiger partial charge in [0.15, 0.2) is 0 Å². The van der Waals surface area contributed by atoms with Crippen LogP contribution in [0.3, 0.4) is 0 Å². The molecule has 1 saturated carbocycles. The minimum atomic E-state index is 0.141. The fraction of sp³-hybridized carbons (Fsp3) is 0.944. The number of rotatable bonds is 5. The number of nitrogens with zero attached hydrogens (tertiary/aromatic N) is 2. The van der Waals surface area contributed by atoms with Crippen molar-refractivity contribution >= 4 is 6.03 Å². The van der Waals surface area contributed by atoms with E-state index in [2.05, 4.69) is 15.1 Å². The van der Waals surface area contributed by atoms with Crippen molar-refractivity contribution < 1.29 is 14.3 Å². The van der Waals surface area contributed by atoms with Crippen LogP contribution in [-0.4, -0.2) is 80.5 Å². The number of urea groups is 1. The Kier molecular flexibility index (Phi) is 7.17. The largest absolute Gasteiger partial charge is 0.381 e. The Morgan fingerprint density at radius 3 is 2.33 bits per heavy atom. The van der Waals surface area contributed by atoms with Crippen molar-refractivity contribution in [3.63, 3.8) is 0 Å². The zero-order chi connectivity index (χ0) is 16.6. The maximum atomic E-state index is 12.9. The molecule has 0 radical (unpaired) electrons. The van der Waals surface area contributed by atoms with E-state index in [-0.39, 0.29) is 6.03 Å². The van der Waals surface area contributed by atoms with E-state index in [1.807, 2.05) is 0 Å². The van der Waals surface area contributed by atoms with Gasteiger partial charge in [0, 0.05) is 51.5 Å². The highest BCUT2D eigenvalue weighted by Crippen LogP contribution is 2.19. The van der Waals surface area contributed by atoms with E-state index in [1.165, 1.54) is 19.3 Å². The van der Waals surface area contributed by atoms with E-state index in [0.29, 0.717) is 12.1 Å². The van der Waals surface area contributed by atoms with Crippen LogP contribution in [0.15, 0.2) is 0 Å². The molecule has 0 aromatic carbocycles. The fourth-order valence-electron chi connectivity index (χ4n) is 4.03. The second-order valence-electron chi connectivity index (χ2n) is 7.28. The molecule has 0 atom stereocenters. The van der Waals surface area contributed by atoms with Crippen LogP contribution in [0.1, 0.15) is 44.9 Å². The van der Waals surface area contributed by atoms with E-state index in [9.17, 15) is 4.79 Å². The van der Waals surface area contributed by atoms with Gasteiger partial charge < -0.3 is 19.7 Å². The van der Waals surface area contributed by atoms with Crippen LogP contribution in [0.5, 0.6) is 0 Å². The van der Waals surface area contributed by atoms with E-state index in [1.54, 1.807) is 0 Å². The summed E-state index contributed by atoms with van der Waals surface area (Å²) in [5, 5.41) is 3.31. The lowest BCUT2D eigenvalue weighted by molar-refractivity contribution is 0.0222. The van der Waals surface area contributed by atoms with Gasteiger partial charge in [-0.1, -0.05) is 19.3 Å². The van der Waals surface area contributed by atoms with Crippen molar-refractivity contribution in [1.82, 2.24) is 15.1 Å². The SMILES string of the molecule is O=C(NC1CCCCC1)N(CCN1CCOCC1)C1CCOCC1. The van der Waals surface area contributed by atoms with Gasteiger partial charge in [-0.25, -0.2) is 4.79 Å². The van der Waals surface area contributed by atoms with Crippen LogP contribution in [0.4, 0.5) is 4.79 Å². The Hall–Kier alpha value is -0.850. The van der Waals surface area contributed by atoms with Crippen molar-refractivity contribution in [1.29, 1.82) is 0 Å². The summed E-state index contributed by atoms with van der Waals surface area (Å²) in [4.78, 5) is 17.4. The molecular formula is C18H33N3O3. The summed E-state index contributed by atoms with van der Waals surface area (Å²) in [5.41, 5.74) is 0. The van der Waals surface area contributed by atoms with Crippen molar-refractivity contribution in [2.45, 2.75) is 57.0 Å². The molecule has 0 unspecified atom stereocenters. The number of hydrogen-bond acceptors (Lipinski definition) is 4. The van der Waals surface area contributed by atoms with Gasteiger partial charge in [0.2, 0.25) is 0 Å². The highest BCUT2D eigenvalue weighted by Gasteiger charge is 2.28. The highest BCUT2D eigenvalue weighted by molar-refractivity contribution is 5.75. The third-order valence-electron chi connectivity index (χ3n) is 5.59. The Bertz CT molecular complexity index is 376. The van der Waals surface area contributed by atoms with Crippen LogP contribution in [-0.2, 0) is 9.47 Å². The Labute approximate surface area is 145 Å². The van der Waals surface area contributed by atoms with Crippen molar-refractivity contribution in [2.24, 2.45) is 0 Å². The molecule has 6 heteroatoms. The van der Waals surface area contributed by atoms with Crippen molar-refractivity contribution in [3.8, 4) is 0 Å². The number of carbonyl (C=O) groups is 1. The molecule has 0 spiro atoms. The summed E-state index contributed by atoms with van der Waals surface area (Å²) in [6.45, 7) is 6.88. The number of ether oxygens (including phenoxy) is 2. The zero-order valence-corrected chi connectivity index (χ0v) is 14.9. The summed E-state index contributed by atoms with van der Waals surface area (Å²) in [6.07, 6.45) is 8.00. The molecule has 2 saturated heterocycles. The molecule has 1 aliphatic carbocycles. The summed E-state index contributed by atoms with van der Waals surface area (Å²) in [7, 11) is 0. The maximum Gasteiger partial charge on any atom is 0.317 e. The third kappa shape index (κ3) is 5.33. The molecule has 2 heterocycles. The monoisotopic (exact) mass is 339 g/mol. The second-order valence-corrected chi connectivity index (χ2v) is 7.28. The summed E-state index contributed by atoms with van der Waals surface area (Å²) < 4.78 is 10.9. The molecule has 0 aromatic rings. The predicted octanol–water partition coefficient (Wildman–Crippen LogP) is 1.84. The predicted molar refractivity (Wildman–Crippen MR) is 93.2 cm³/mol. The van der Waals surface area contributed by atoms with E-state index in [4.69, 9.17) is 9.47 Å². The zero-order valence-electron chi connectivity index (χ0n) is 14.9. The lowest BCUT2D eigenvalue weighted by Gasteiger charge is -2.37. The summed E-state index contributed by atoms with van der Waals surface area (Å²) in [6, 6.07) is 0.836. The minimum absolute atomic E-state index is 0.141. The average molecular weight is 339 g/mol. The lowest BCUT2D eigenvalue weighted by atomic mass is 9.95. The molecule has 0 aromatic heterocycles. The topological polar surface area (TPSA) is 54.0 Å². The summed E-state index contributed by atoms with van der Waals surface area (Å²) >= 11 is 0. The average Bonchev–Trinajstić information content (AvgIpc) is 2.64. The molecule has 0 bridgehead atoms. The van der Waals surface area contributed by atoms with Gasteiger partial charge in [-0.3, -0.25) is 4.90 Å². The number of nitrogens with one attached hydrogen (secondary N) is 1. The quantitative estimate of drug-likeness (QED) is 0.830. The third-order valence-corrected chi connectivity index (χ3v) is 5.59. The van der Waals surface area contributed by atoms with Crippen molar-refractivity contribution in [3.05, 3.63) is 0 Å². The van der Waals surface area contributed by atoms with Gasteiger partial charge in [-0.2, -0.15) is 0 Å². The van der Waals surface area contributed by atoms with Gasteiger partial charge in [-0.15, -0.1) is 0 Å². The van der Waals surface area contributed by atoms with Gasteiger partial charge >= 0.3 is 6.03 Å². The summed E-state index contributed by atoms with van der Waals surface area (Å²) in [5.74, 6) is 0. The van der Waals surface area contributed by atoms with Gasteiger partial charge in [0.25, 0.3) is 0 Å². The van der Waals surface area contributed by atoms with E-state index in [0.717, 1.165) is 78.3 Å². The number of hydrogen-bond donors (Lipinski definition) is 1. The highest BCUT2D eigenvalue weighted by atomic mass is 16.5. The molecule has 2 amide bonds. The first kappa shape index (κ1) is 18.0. The van der Waals surface area contributed by atoms with Crippen LogP contribution in [0.2, 0.25) is 0 Å². The van der Waals surface area contributed by atoms with Crippen LogP contribution in [0.25, 0.3) is 0 Å². The Morgan fingerprint density at radius 2 is 1.62 bits per heavy atom. The molecule has 3 aliphatic rings. The smallest absolute Gasteiger partial charge is 0.317 e. The molecule has 24 heavy (non-hydrogen) atoms. The Balaban J connectivity index is 1.54. The first-order valence-corrected chi connectivity index (χ1v) is 9.78. The molecular weight excluding hydrogens is 306 g/mol. The maximum absolute atomic E-state index is 12.9. The normalized spacial score (nSPS) is 24.7. The van der Waals surface area contributed by atoms with Crippen LogP contribution < -0.4 is 5.32 Å². The number of amides is 2. The van der Waals surface area contributed by atoms with Crippen molar-refractivity contribution in [2.75, 3.05) is 52.6 Å². The first-order chi connectivity index (χ1) is 11.8. The molecule has 2 aliphatic heterocycles. The van der Waals surface area contributed by atoms with Gasteiger partial charge in [0.1, 0.15) is 0 Å². The molecule has 3 rings (SSSR count). The second kappa shape index (κ2) is 9.59. The van der Waals surface area contributed by atoms with Crippen LogP contribution >= 0.6 is 0 Å². The molecule has 3 fully saturated rings. The standard InChI is InChI=1S/C18H33N3O3/c22-18(19-16-4-2-1-3-5-16)21(17-6-12-23-13-7-17)9-8-20-10-14-24-15-11-20/h16-17H,1-15H2,(H,19,22). The fourth-order valence-corrected chi connectivity index (χ4v) is 4.03. The molecule has 1 N–H and O–H groups in total. The Morgan fingerprint density at radius 1 is 0.958 bits per heavy atom. The molecule has 6 nitrogen and oxygen atoms in total. The number of carbonyl (C=O) groups excluding carboxylic acids is 1. The van der Waals surface area contributed by atoms with Gasteiger partial charge in [-0.05, 0) is 25.7 Å². The first-order valence-electron chi connectivity index (χ1n) is 9.78. The van der Waals surface area contributed by atoms with E-state index >= 15 is 0 Å². The van der Waals surface area contributed by atoms with E-state index < -0.39 is 0 Å². The lowest BCUT2D eigenvalue weighted by Crippen LogP contribution is -2.53. The minimum Gasteiger partial charge on any atom is -0.381 e. The van der Waals surface area contributed by atoms with Gasteiger partial charge in [0.05, 0.1) is 13.2 Å². The molecule has 138 valence electrons.